The van der Waals surface area contributed by atoms with Gasteiger partial charge in [0.2, 0.25) is 0 Å². The molecule has 2 aromatic rings. The van der Waals surface area contributed by atoms with Crippen LogP contribution in [0.25, 0.3) is 0 Å². The van der Waals surface area contributed by atoms with Gasteiger partial charge in [0.25, 0.3) is 0 Å². The number of nitrogens with two attached hydrogens (primary N) is 1. The molecule has 0 bridgehead atoms. The summed E-state index contributed by atoms with van der Waals surface area (Å²) in [4.78, 5) is 15.1. The van der Waals surface area contributed by atoms with E-state index in [9.17, 15) is 4.79 Å². The van der Waals surface area contributed by atoms with Crippen molar-refractivity contribution in [3.8, 4) is 6.07 Å². The summed E-state index contributed by atoms with van der Waals surface area (Å²) in [6.45, 7) is 0. The van der Waals surface area contributed by atoms with Crippen LogP contribution in [0.1, 0.15) is 15.9 Å². The van der Waals surface area contributed by atoms with Gasteiger partial charge in [-0.3, -0.25) is 0 Å². The second kappa shape index (κ2) is 5.47. The van der Waals surface area contributed by atoms with Crippen LogP contribution >= 0.6 is 11.6 Å². The first kappa shape index (κ1) is 13.6. The molecular formula is C13H9ClN4O2. The summed E-state index contributed by atoms with van der Waals surface area (Å²) in [6.07, 6.45) is 1.33. The van der Waals surface area contributed by atoms with Crippen molar-refractivity contribution in [2.75, 3.05) is 11.1 Å². The summed E-state index contributed by atoms with van der Waals surface area (Å²) in [5.74, 6) is -1.07. The van der Waals surface area contributed by atoms with Gasteiger partial charge in [-0.15, -0.1) is 0 Å². The molecule has 100 valence electrons. The number of aromatic carboxylic acids is 1. The van der Waals surface area contributed by atoms with E-state index in [4.69, 9.17) is 27.7 Å². The Kier molecular flexibility index (Phi) is 3.73. The van der Waals surface area contributed by atoms with Crippen molar-refractivity contribution in [2.24, 2.45) is 0 Å². The van der Waals surface area contributed by atoms with Crippen LogP contribution in [0.2, 0.25) is 5.02 Å². The number of pyridine rings is 1. The number of nitrogen functional groups attached to an aromatic ring is 1. The second-order valence-corrected chi connectivity index (χ2v) is 4.31. The molecule has 20 heavy (non-hydrogen) atoms. The van der Waals surface area contributed by atoms with Crippen LogP contribution in [-0.4, -0.2) is 16.1 Å². The smallest absolute Gasteiger partial charge is 0.339 e. The quantitative estimate of drug-likeness (QED) is 0.800. The standard InChI is InChI=1S/C13H9ClN4O2/c14-10-2-1-7(5-15)3-11(10)18-12-9(13(19)20)4-8(16)6-17-12/h1-4,6H,16H2,(H,17,18)(H,19,20). The lowest BCUT2D eigenvalue weighted by Crippen LogP contribution is -2.06. The first-order valence-corrected chi connectivity index (χ1v) is 5.84. The highest BCUT2D eigenvalue weighted by Crippen LogP contribution is 2.27. The Hall–Kier alpha value is -2.78. The number of nitrogens with zero attached hydrogens (tertiary/aromatic N) is 2. The molecule has 0 saturated heterocycles. The number of carboxylic acid groups (broad SMARTS) is 1. The summed E-state index contributed by atoms with van der Waals surface area (Å²) >= 11 is 5.99. The molecule has 0 spiro atoms. The minimum Gasteiger partial charge on any atom is -0.478 e. The van der Waals surface area contributed by atoms with E-state index in [1.54, 1.807) is 12.1 Å². The van der Waals surface area contributed by atoms with Gasteiger partial charge < -0.3 is 16.2 Å². The lowest BCUT2D eigenvalue weighted by molar-refractivity contribution is 0.0697. The third kappa shape index (κ3) is 2.79. The third-order valence-electron chi connectivity index (χ3n) is 2.49. The number of halogens is 1. The molecule has 1 aromatic carbocycles. The van der Waals surface area contributed by atoms with Gasteiger partial charge in [-0.25, -0.2) is 9.78 Å². The fraction of sp³-hybridized carbons (Fsp3) is 0. The minimum absolute atomic E-state index is 0.0802. The van der Waals surface area contributed by atoms with Gasteiger partial charge in [-0.2, -0.15) is 5.26 Å². The summed E-state index contributed by atoms with van der Waals surface area (Å²) in [5.41, 5.74) is 6.46. The molecule has 0 unspecified atom stereocenters. The monoisotopic (exact) mass is 288 g/mol. The molecule has 2 rings (SSSR count). The minimum atomic E-state index is -1.17. The molecule has 0 aliphatic rings. The largest absolute Gasteiger partial charge is 0.478 e. The number of hydrogen-bond donors (Lipinski definition) is 3. The Balaban J connectivity index is 2.45. The molecule has 0 radical (unpaired) electrons. The third-order valence-corrected chi connectivity index (χ3v) is 2.82. The van der Waals surface area contributed by atoms with E-state index < -0.39 is 5.97 Å². The molecule has 0 aliphatic carbocycles. The second-order valence-electron chi connectivity index (χ2n) is 3.90. The van der Waals surface area contributed by atoms with Gasteiger partial charge in [0, 0.05) is 0 Å². The van der Waals surface area contributed by atoms with Crippen LogP contribution in [0, 0.1) is 11.3 Å². The van der Waals surface area contributed by atoms with Crippen LogP contribution in [0.15, 0.2) is 30.5 Å². The molecule has 1 heterocycles. The van der Waals surface area contributed by atoms with Crippen molar-refractivity contribution in [1.29, 1.82) is 5.26 Å². The van der Waals surface area contributed by atoms with Crippen molar-refractivity contribution >= 4 is 34.8 Å². The van der Waals surface area contributed by atoms with Gasteiger partial charge in [0.15, 0.2) is 0 Å². The van der Waals surface area contributed by atoms with Crippen LogP contribution in [-0.2, 0) is 0 Å². The van der Waals surface area contributed by atoms with Gasteiger partial charge >= 0.3 is 5.97 Å². The molecule has 0 amide bonds. The molecular weight excluding hydrogens is 280 g/mol. The average molecular weight is 289 g/mol. The van der Waals surface area contributed by atoms with Gasteiger partial charge in [0.1, 0.15) is 11.4 Å². The molecule has 0 aliphatic heterocycles. The summed E-state index contributed by atoms with van der Waals surface area (Å²) in [6, 6.07) is 7.87. The number of hydrogen-bond acceptors (Lipinski definition) is 5. The van der Waals surface area contributed by atoms with Crippen molar-refractivity contribution in [2.45, 2.75) is 0 Å². The number of nitrogens with one attached hydrogen (secondary N) is 1. The number of aromatic nitrogens is 1. The molecule has 1 aromatic heterocycles. The van der Waals surface area contributed by atoms with Crippen LogP contribution in [0.3, 0.4) is 0 Å². The number of carboxylic acids is 1. The van der Waals surface area contributed by atoms with E-state index in [-0.39, 0.29) is 17.1 Å². The highest BCUT2D eigenvalue weighted by molar-refractivity contribution is 6.33. The van der Waals surface area contributed by atoms with Crippen molar-refractivity contribution in [1.82, 2.24) is 4.98 Å². The zero-order valence-electron chi connectivity index (χ0n) is 10.1. The Morgan fingerprint density at radius 1 is 1.45 bits per heavy atom. The predicted octanol–water partition coefficient (Wildman–Crippen LogP) is 2.63. The van der Waals surface area contributed by atoms with Crippen LogP contribution in [0.4, 0.5) is 17.2 Å². The van der Waals surface area contributed by atoms with Gasteiger partial charge in [0.05, 0.1) is 34.2 Å². The van der Waals surface area contributed by atoms with E-state index in [1.165, 1.54) is 18.3 Å². The van der Waals surface area contributed by atoms with Crippen molar-refractivity contribution in [3.63, 3.8) is 0 Å². The molecule has 6 nitrogen and oxygen atoms in total. The Morgan fingerprint density at radius 2 is 2.20 bits per heavy atom. The maximum absolute atomic E-state index is 11.2. The highest BCUT2D eigenvalue weighted by atomic mass is 35.5. The molecule has 4 N–H and O–H groups in total. The molecule has 0 saturated carbocycles. The topological polar surface area (TPSA) is 112 Å². The number of nitriles is 1. The molecule has 7 heteroatoms. The summed E-state index contributed by atoms with van der Waals surface area (Å²) in [7, 11) is 0. The zero-order chi connectivity index (χ0) is 14.7. The van der Waals surface area contributed by atoms with Crippen LogP contribution in [0.5, 0.6) is 0 Å². The SMILES string of the molecule is N#Cc1ccc(Cl)c(Nc2ncc(N)cc2C(=O)O)c1. The highest BCUT2D eigenvalue weighted by Gasteiger charge is 2.13. The van der Waals surface area contributed by atoms with E-state index in [0.717, 1.165) is 0 Å². The van der Waals surface area contributed by atoms with Crippen molar-refractivity contribution in [3.05, 3.63) is 46.6 Å². The van der Waals surface area contributed by atoms with Crippen molar-refractivity contribution < 1.29 is 9.90 Å². The van der Waals surface area contributed by atoms with Crippen LogP contribution < -0.4 is 11.1 Å². The summed E-state index contributed by atoms with van der Waals surface area (Å²) < 4.78 is 0. The number of benzene rings is 1. The Bertz CT molecular complexity index is 725. The van der Waals surface area contributed by atoms with E-state index in [0.29, 0.717) is 16.3 Å². The Morgan fingerprint density at radius 3 is 2.85 bits per heavy atom. The number of anilines is 3. The van der Waals surface area contributed by atoms with E-state index in [1.807, 2.05) is 6.07 Å². The number of rotatable bonds is 3. The Labute approximate surface area is 119 Å². The summed E-state index contributed by atoms with van der Waals surface area (Å²) in [5, 5.41) is 21.1. The zero-order valence-corrected chi connectivity index (χ0v) is 10.8. The van der Waals surface area contributed by atoms with E-state index >= 15 is 0 Å². The molecule has 0 fully saturated rings. The predicted molar refractivity (Wildman–Crippen MR) is 75.1 cm³/mol. The lowest BCUT2D eigenvalue weighted by Gasteiger charge is -2.10. The maximum Gasteiger partial charge on any atom is 0.339 e. The number of carbonyl (C=O) groups is 1. The lowest BCUT2D eigenvalue weighted by atomic mass is 10.2. The fourth-order valence-corrected chi connectivity index (χ4v) is 1.73. The normalized spacial score (nSPS) is 9.80. The molecule has 0 atom stereocenters. The average Bonchev–Trinajstić information content (AvgIpc) is 2.42. The maximum atomic E-state index is 11.2. The van der Waals surface area contributed by atoms with E-state index in [2.05, 4.69) is 10.3 Å². The first-order valence-electron chi connectivity index (χ1n) is 5.46. The van der Waals surface area contributed by atoms with Gasteiger partial charge in [-0.1, -0.05) is 11.6 Å². The fourth-order valence-electron chi connectivity index (χ4n) is 1.56. The van der Waals surface area contributed by atoms with Gasteiger partial charge in [-0.05, 0) is 24.3 Å². The first-order chi connectivity index (χ1) is 9.51.